The summed E-state index contributed by atoms with van der Waals surface area (Å²) >= 11 is 0. The number of fused-ring (bicyclic) bond motifs is 1. The van der Waals surface area contributed by atoms with Crippen molar-refractivity contribution < 1.29 is 0 Å². The van der Waals surface area contributed by atoms with Gasteiger partial charge in [-0.25, -0.2) is 15.0 Å². The summed E-state index contributed by atoms with van der Waals surface area (Å²) in [4.78, 5) is 22.8. The van der Waals surface area contributed by atoms with Crippen molar-refractivity contribution in [1.82, 2.24) is 24.9 Å². The van der Waals surface area contributed by atoms with E-state index in [0.29, 0.717) is 11.7 Å². The van der Waals surface area contributed by atoms with Crippen molar-refractivity contribution in [2.24, 2.45) is 0 Å². The second-order valence-corrected chi connectivity index (χ2v) is 6.60. The molecule has 0 radical (unpaired) electrons. The summed E-state index contributed by atoms with van der Waals surface area (Å²) in [7, 11) is 0. The summed E-state index contributed by atoms with van der Waals surface area (Å²) in [5, 5.41) is 0. The first kappa shape index (κ1) is 15.0. The Morgan fingerprint density at radius 3 is 2.81 bits per heavy atom. The van der Waals surface area contributed by atoms with Gasteiger partial charge in [0.15, 0.2) is 11.5 Å². The van der Waals surface area contributed by atoms with Gasteiger partial charge < -0.3 is 9.88 Å². The van der Waals surface area contributed by atoms with Crippen molar-refractivity contribution in [3.05, 3.63) is 67.0 Å². The number of aromatic amines is 1. The lowest BCUT2D eigenvalue weighted by Crippen LogP contribution is -2.26. The van der Waals surface area contributed by atoms with Crippen molar-refractivity contribution in [3.63, 3.8) is 0 Å². The number of imidazole rings is 1. The van der Waals surface area contributed by atoms with Crippen LogP contribution < -0.4 is 4.90 Å². The Hall–Kier alpha value is -3.28. The summed E-state index contributed by atoms with van der Waals surface area (Å²) in [6.07, 6.45) is 9.37. The topological polar surface area (TPSA) is 70.6 Å². The van der Waals surface area contributed by atoms with E-state index in [2.05, 4.69) is 60.2 Å². The molecule has 1 N–H and O–H groups in total. The van der Waals surface area contributed by atoms with Crippen LogP contribution in [0.1, 0.15) is 18.4 Å². The van der Waals surface area contributed by atoms with Crippen molar-refractivity contribution in [1.29, 1.82) is 0 Å². The number of hydrogen-bond acceptors (Lipinski definition) is 5. The Morgan fingerprint density at radius 1 is 1.04 bits per heavy atom. The number of benzene rings is 1. The molecule has 6 nitrogen and oxygen atoms in total. The first-order valence-corrected chi connectivity index (χ1v) is 8.78. The van der Waals surface area contributed by atoms with Gasteiger partial charge in [0.2, 0.25) is 0 Å². The van der Waals surface area contributed by atoms with Crippen LogP contribution in [0.3, 0.4) is 0 Å². The average molecular weight is 342 g/mol. The smallest absolute Gasteiger partial charge is 0.182 e. The molecule has 5 rings (SSSR count). The SMILES string of the molecule is c1cncc(-c2cccc(CN(c3ncnc4nc[nH]c34)C3CC3)c2)c1. The molecule has 4 aromatic rings. The van der Waals surface area contributed by atoms with E-state index in [1.165, 1.54) is 24.0 Å². The maximum Gasteiger partial charge on any atom is 0.182 e. The molecule has 0 aliphatic heterocycles. The minimum Gasteiger partial charge on any atom is -0.347 e. The molecule has 0 unspecified atom stereocenters. The second kappa shape index (κ2) is 6.22. The lowest BCUT2D eigenvalue weighted by molar-refractivity contribution is 0.780. The van der Waals surface area contributed by atoms with Gasteiger partial charge in [-0.15, -0.1) is 0 Å². The van der Waals surface area contributed by atoms with Crippen LogP contribution in [0.4, 0.5) is 5.82 Å². The zero-order chi connectivity index (χ0) is 17.3. The minimum atomic E-state index is 0.526. The third kappa shape index (κ3) is 2.79. The third-order valence-corrected chi connectivity index (χ3v) is 4.74. The number of H-pyrrole nitrogens is 1. The molecule has 0 atom stereocenters. The van der Waals surface area contributed by atoms with E-state index < -0.39 is 0 Å². The standard InChI is InChI=1S/C20H18N6/c1-3-14(9-15(4-1)16-5-2-8-21-10-16)11-26(17-6-7-17)20-18-19(23-12-22-18)24-13-25-20/h1-5,8-10,12-13,17H,6-7,11H2,(H,22,23,24,25). The highest BCUT2D eigenvalue weighted by Gasteiger charge is 2.31. The van der Waals surface area contributed by atoms with E-state index in [0.717, 1.165) is 23.4 Å². The Kier molecular flexibility index (Phi) is 3.59. The van der Waals surface area contributed by atoms with Crippen molar-refractivity contribution in [3.8, 4) is 11.1 Å². The molecule has 0 amide bonds. The van der Waals surface area contributed by atoms with Crippen molar-refractivity contribution >= 4 is 17.0 Å². The van der Waals surface area contributed by atoms with E-state index in [-0.39, 0.29) is 0 Å². The normalized spacial score (nSPS) is 13.8. The Morgan fingerprint density at radius 2 is 1.96 bits per heavy atom. The molecule has 6 heteroatoms. The average Bonchev–Trinajstić information content (AvgIpc) is 3.43. The molecular weight excluding hydrogens is 324 g/mol. The summed E-state index contributed by atoms with van der Waals surface area (Å²) in [5.41, 5.74) is 5.18. The van der Waals surface area contributed by atoms with Crippen LogP contribution in [0, 0.1) is 0 Å². The Labute approximate surface area is 151 Å². The monoisotopic (exact) mass is 342 g/mol. The number of nitrogens with one attached hydrogen (secondary N) is 1. The molecule has 1 aromatic carbocycles. The van der Waals surface area contributed by atoms with Gasteiger partial charge in [-0.05, 0) is 41.7 Å². The largest absolute Gasteiger partial charge is 0.347 e. The van der Waals surface area contributed by atoms with Gasteiger partial charge in [0, 0.05) is 25.0 Å². The van der Waals surface area contributed by atoms with Crippen LogP contribution in [0.2, 0.25) is 0 Å². The Bertz CT molecular complexity index is 1040. The van der Waals surface area contributed by atoms with Crippen molar-refractivity contribution in [2.45, 2.75) is 25.4 Å². The molecule has 1 fully saturated rings. The number of hydrogen-bond donors (Lipinski definition) is 1. The second-order valence-electron chi connectivity index (χ2n) is 6.60. The number of anilines is 1. The van der Waals surface area contributed by atoms with E-state index >= 15 is 0 Å². The maximum atomic E-state index is 4.55. The van der Waals surface area contributed by atoms with Gasteiger partial charge in [0.25, 0.3) is 0 Å². The summed E-state index contributed by atoms with van der Waals surface area (Å²) < 4.78 is 0. The minimum absolute atomic E-state index is 0.526. The molecule has 3 heterocycles. The molecule has 1 saturated carbocycles. The fourth-order valence-electron chi connectivity index (χ4n) is 3.31. The van der Waals surface area contributed by atoms with Crippen LogP contribution in [-0.4, -0.2) is 31.0 Å². The van der Waals surface area contributed by atoms with Crippen LogP contribution in [0.15, 0.2) is 61.4 Å². The molecule has 128 valence electrons. The van der Waals surface area contributed by atoms with E-state index in [4.69, 9.17) is 0 Å². The third-order valence-electron chi connectivity index (χ3n) is 4.74. The zero-order valence-corrected chi connectivity index (χ0v) is 14.2. The fourth-order valence-corrected chi connectivity index (χ4v) is 3.31. The van der Waals surface area contributed by atoms with E-state index in [1.807, 2.05) is 12.3 Å². The molecular formula is C20H18N6. The predicted octanol–water partition coefficient (Wildman–Crippen LogP) is 3.58. The quantitative estimate of drug-likeness (QED) is 0.600. The summed E-state index contributed by atoms with van der Waals surface area (Å²) in [6, 6.07) is 13.2. The van der Waals surface area contributed by atoms with Gasteiger partial charge >= 0.3 is 0 Å². The molecule has 26 heavy (non-hydrogen) atoms. The van der Waals surface area contributed by atoms with Crippen LogP contribution >= 0.6 is 0 Å². The lowest BCUT2D eigenvalue weighted by atomic mass is 10.0. The lowest BCUT2D eigenvalue weighted by Gasteiger charge is -2.24. The molecule has 3 aromatic heterocycles. The van der Waals surface area contributed by atoms with Crippen LogP contribution in [0.5, 0.6) is 0 Å². The molecule has 0 spiro atoms. The zero-order valence-electron chi connectivity index (χ0n) is 14.2. The number of rotatable bonds is 5. The van der Waals surface area contributed by atoms with Crippen LogP contribution in [-0.2, 0) is 6.54 Å². The first-order chi connectivity index (χ1) is 12.9. The maximum absolute atomic E-state index is 4.55. The number of aromatic nitrogens is 5. The molecule has 1 aliphatic rings. The number of pyridine rings is 1. The predicted molar refractivity (Wildman–Crippen MR) is 101 cm³/mol. The molecule has 0 saturated heterocycles. The Balaban J connectivity index is 1.50. The van der Waals surface area contributed by atoms with Gasteiger partial charge in [-0.2, -0.15) is 0 Å². The first-order valence-electron chi connectivity index (χ1n) is 8.78. The van der Waals surface area contributed by atoms with Gasteiger partial charge in [0.05, 0.1) is 6.33 Å². The fraction of sp³-hybridized carbons (Fsp3) is 0.200. The van der Waals surface area contributed by atoms with E-state index in [1.54, 1.807) is 18.9 Å². The van der Waals surface area contributed by atoms with Gasteiger partial charge in [-0.3, -0.25) is 4.98 Å². The van der Waals surface area contributed by atoms with Gasteiger partial charge in [0.1, 0.15) is 11.8 Å². The van der Waals surface area contributed by atoms with Crippen molar-refractivity contribution in [2.75, 3.05) is 4.90 Å². The highest BCUT2D eigenvalue weighted by molar-refractivity contribution is 5.83. The van der Waals surface area contributed by atoms with Crippen LogP contribution in [0.25, 0.3) is 22.3 Å². The van der Waals surface area contributed by atoms with E-state index in [9.17, 15) is 0 Å². The van der Waals surface area contributed by atoms with Gasteiger partial charge in [-0.1, -0.05) is 24.3 Å². The highest BCUT2D eigenvalue weighted by atomic mass is 15.3. The highest BCUT2D eigenvalue weighted by Crippen LogP contribution is 2.34. The number of nitrogens with zero attached hydrogens (tertiary/aromatic N) is 5. The summed E-state index contributed by atoms with van der Waals surface area (Å²) in [5.74, 6) is 0.932. The molecule has 1 aliphatic carbocycles. The molecule has 0 bridgehead atoms. The summed E-state index contributed by atoms with van der Waals surface area (Å²) in [6.45, 7) is 0.809.